The molecule has 0 aliphatic carbocycles. The van der Waals surface area contributed by atoms with E-state index in [0.29, 0.717) is 17.7 Å². The minimum atomic E-state index is -3.40. The highest BCUT2D eigenvalue weighted by Crippen LogP contribution is 2.27. The highest BCUT2D eigenvalue weighted by molar-refractivity contribution is 7.88. The topological polar surface area (TPSA) is 87.2 Å². The molecule has 1 heterocycles. The molecule has 2 rings (SSSR count). The monoisotopic (exact) mass is 307 g/mol. The van der Waals surface area contributed by atoms with Gasteiger partial charge in [-0.2, -0.15) is 9.57 Å². The molecule has 0 aromatic heterocycles. The zero-order valence-corrected chi connectivity index (χ0v) is 13.0. The van der Waals surface area contributed by atoms with Crippen LogP contribution in [0.3, 0.4) is 0 Å². The Hall–Kier alpha value is -1.42. The van der Waals surface area contributed by atoms with Crippen LogP contribution >= 0.6 is 0 Å². The summed E-state index contributed by atoms with van der Waals surface area (Å²) in [7, 11) is -3.40. The fourth-order valence-electron chi connectivity index (χ4n) is 2.95. The van der Waals surface area contributed by atoms with Crippen molar-refractivity contribution in [2.45, 2.75) is 44.0 Å². The van der Waals surface area contributed by atoms with Gasteiger partial charge in [0, 0.05) is 18.6 Å². The van der Waals surface area contributed by atoms with Crippen molar-refractivity contribution in [1.82, 2.24) is 4.31 Å². The van der Waals surface area contributed by atoms with Crippen LogP contribution in [0.4, 0.5) is 0 Å². The first-order valence-electron chi connectivity index (χ1n) is 7.18. The summed E-state index contributed by atoms with van der Waals surface area (Å²) < 4.78 is 27.0. The molecule has 21 heavy (non-hydrogen) atoms. The van der Waals surface area contributed by atoms with Crippen molar-refractivity contribution in [3.8, 4) is 6.07 Å². The largest absolute Gasteiger partial charge is 0.329 e. The van der Waals surface area contributed by atoms with Crippen molar-refractivity contribution in [2.75, 3.05) is 6.54 Å². The van der Waals surface area contributed by atoms with Gasteiger partial charge in [-0.05, 0) is 37.5 Å². The van der Waals surface area contributed by atoms with Crippen LogP contribution in [0, 0.1) is 11.3 Å². The molecule has 1 aromatic carbocycles. The van der Waals surface area contributed by atoms with Crippen molar-refractivity contribution in [3.63, 3.8) is 0 Å². The first kappa shape index (κ1) is 16.0. The van der Waals surface area contributed by atoms with E-state index < -0.39 is 10.0 Å². The second-order valence-electron chi connectivity index (χ2n) is 5.56. The maximum atomic E-state index is 12.7. The number of sulfonamides is 1. The first-order chi connectivity index (χ1) is 9.97. The number of hydrogen-bond acceptors (Lipinski definition) is 4. The molecular formula is C15H21N3O2S. The third-order valence-electron chi connectivity index (χ3n) is 3.98. The summed E-state index contributed by atoms with van der Waals surface area (Å²) in [5.41, 5.74) is 6.97. The summed E-state index contributed by atoms with van der Waals surface area (Å²) >= 11 is 0. The molecule has 2 atom stereocenters. The minimum Gasteiger partial charge on any atom is -0.329 e. The molecule has 114 valence electrons. The molecule has 1 saturated heterocycles. The Kier molecular flexibility index (Phi) is 4.99. The van der Waals surface area contributed by atoms with Gasteiger partial charge in [0.15, 0.2) is 0 Å². The van der Waals surface area contributed by atoms with Crippen LogP contribution in [0.15, 0.2) is 24.3 Å². The molecule has 0 amide bonds. The van der Waals surface area contributed by atoms with Crippen molar-refractivity contribution in [2.24, 2.45) is 5.73 Å². The number of rotatable bonds is 4. The lowest BCUT2D eigenvalue weighted by atomic mass is 10.00. The van der Waals surface area contributed by atoms with Crippen LogP contribution in [-0.4, -0.2) is 31.4 Å². The number of benzene rings is 1. The Morgan fingerprint density at radius 2 is 2.00 bits per heavy atom. The molecule has 1 aliphatic heterocycles. The minimum absolute atomic E-state index is 0.00400. The second kappa shape index (κ2) is 6.56. The van der Waals surface area contributed by atoms with Crippen LogP contribution in [0.2, 0.25) is 0 Å². The maximum Gasteiger partial charge on any atom is 0.218 e. The molecule has 1 aromatic rings. The zero-order valence-electron chi connectivity index (χ0n) is 12.2. The summed E-state index contributed by atoms with van der Waals surface area (Å²) in [5, 5.41) is 8.78. The number of nitrogens with zero attached hydrogens (tertiary/aromatic N) is 2. The SMILES string of the molecule is CC1CCCC(CN)N1S(=O)(=O)Cc1ccc(C#N)cc1. The number of hydrogen-bond donors (Lipinski definition) is 1. The fourth-order valence-corrected chi connectivity index (χ4v) is 5.01. The summed E-state index contributed by atoms with van der Waals surface area (Å²) in [6.07, 6.45) is 2.72. The summed E-state index contributed by atoms with van der Waals surface area (Å²) in [6, 6.07) is 8.60. The van der Waals surface area contributed by atoms with E-state index in [0.717, 1.165) is 19.3 Å². The predicted octanol–water partition coefficient (Wildman–Crippen LogP) is 1.59. The molecular weight excluding hydrogens is 286 g/mol. The predicted molar refractivity (Wildman–Crippen MR) is 81.8 cm³/mol. The Morgan fingerprint density at radius 1 is 1.33 bits per heavy atom. The van der Waals surface area contributed by atoms with Crippen molar-refractivity contribution in [1.29, 1.82) is 5.26 Å². The van der Waals surface area contributed by atoms with Crippen molar-refractivity contribution >= 4 is 10.0 Å². The number of piperidine rings is 1. The average molecular weight is 307 g/mol. The molecule has 1 aliphatic rings. The van der Waals surface area contributed by atoms with Gasteiger partial charge >= 0.3 is 0 Å². The van der Waals surface area contributed by atoms with Gasteiger partial charge in [0.1, 0.15) is 0 Å². The van der Waals surface area contributed by atoms with Gasteiger partial charge in [-0.15, -0.1) is 0 Å². The molecule has 2 unspecified atom stereocenters. The van der Waals surface area contributed by atoms with Gasteiger partial charge in [-0.1, -0.05) is 18.6 Å². The maximum absolute atomic E-state index is 12.7. The highest BCUT2D eigenvalue weighted by atomic mass is 32.2. The number of nitrogens with two attached hydrogens (primary N) is 1. The Morgan fingerprint density at radius 3 is 2.57 bits per heavy atom. The van der Waals surface area contributed by atoms with Crippen LogP contribution in [0.1, 0.15) is 37.3 Å². The van der Waals surface area contributed by atoms with E-state index in [1.54, 1.807) is 28.6 Å². The molecule has 0 radical (unpaired) electrons. The van der Waals surface area contributed by atoms with Gasteiger partial charge in [0.2, 0.25) is 10.0 Å². The van der Waals surface area contributed by atoms with E-state index in [-0.39, 0.29) is 17.8 Å². The van der Waals surface area contributed by atoms with E-state index in [1.165, 1.54) is 0 Å². The Balaban J connectivity index is 2.21. The van der Waals surface area contributed by atoms with E-state index in [9.17, 15) is 8.42 Å². The zero-order chi connectivity index (χ0) is 15.5. The molecule has 0 spiro atoms. The summed E-state index contributed by atoms with van der Waals surface area (Å²) in [5.74, 6) is -0.0421. The summed E-state index contributed by atoms with van der Waals surface area (Å²) in [4.78, 5) is 0. The van der Waals surface area contributed by atoms with Gasteiger partial charge in [-0.25, -0.2) is 8.42 Å². The molecule has 2 N–H and O–H groups in total. The molecule has 0 bridgehead atoms. The fraction of sp³-hybridized carbons (Fsp3) is 0.533. The van der Waals surface area contributed by atoms with E-state index >= 15 is 0 Å². The van der Waals surface area contributed by atoms with Crippen molar-refractivity contribution in [3.05, 3.63) is 35.4 Å². The quantitative estimate of drug-likeness (QED) is 0.915. The van der Waals surface area contributed by atoms with Crippen LogP contribution < -0.4 is 5.73 Å². The van der Waals surface area contributed by atoms with Gasteiger partial charge in [-0.3, -0.25) is 0 Å². The van der Waals surface area contributed by atoms with Crippen molar-refractivity contribution < 1.29 is 8.42 Å². The van der Waals surface area contributed by atoms with E-state index in [4.69, 9.17) is 11.0 Å². The number of nitriles is 1. The smallest absolute Gasteiger partial charge is 0.218 e. The standard InChI is InChI=1S/C15H21N3O2S/c1-12-3-2-4-15(10-17)18(12)21(19,20)11-14-7-5-13(9-16)6-8-14/h5-8,12,15H,2-4,10-11,17H2,1H3. The van der Waals surface area contributed by atoms with Gasteiger partial charge < -0.3 is 5.73 Å². The summed E-state index contributed by atoms with van der Waals surface area (Å²) in [6.45, 7) is 2.30. The van der Waals surface area contributed by atoms with Gasteiger partial charge in [0.05, 0.1) is 17.4 Å². The third-order valence-corrected chi connectivity index (χ3v) is 5.98. The van der Waals surface area contributed by atoms with E-state index in [2.05, 4.69) is 0 Å². The third kappa shape index (κ3) is 3.62. The first-order valence-corrected chi connectivity index (χ1v) is 8.79. The lowest BCUT2D eigenvalue weighted by molar-refractivity contribution is 0.195. The van der Waals surface area contributed by atoms with Crippen LogP contribution in [0.25, 0.3) is 0 Å². The van der Waals surface area contributed by atoms with E-state index in [1.807, 2.05) is 13.0 Å². The lowest BCUT2D eigenvalue weighted by Gasteiger charge is -2.39. The van der Waals surface area contributed by atoms with Gasteiger partial charge in [0.25, 0.3) is 0 Å². The molecule has 0 saturated carbocycles. The Labute approximate surface area is 126 Å². The van der Waals surface area contributed by atoms with Crippen LogP contribution in [0.5, 0.6) is 0 Å². The lowest BCUT2D eigenvalue weighted by Crippen LogP contribution is -2.52. The normalized spacial score (nSPS) is 23.7. The van der Waals surface area contributed by atoms with Crippen LogP contribution in [-0.2, 0) is 15.8 Å². The average Bonchev–Trinajstić information content (AvgIpc) is 2.47. The highest BCUT2D eigenvalue weighted by Gasteiger charge is 2.36. The second-order valence-corrected chi connectivity index (χ2v) is 7.44. The molecule has 5 nitrogen and oxygen atoms in total. The molecule has 1 fully saturated rings. The Bertz CT molecular complexity index is 619. The molecule has 6 heteroatoms.